The molecule has 3 atom stereocenters. The van der Waals surface area contributed by atoms with Crippen molar-refractivity contribution in [3.8, 4) is 0 Å². The highest BCUT2D eigenvalue weighted by molar-refractivity contribution is 5.75. The third-order valence-corrected chi connectivity index (χ3v) is 6.09. The van der Waals surface area contributed by atoms with E-state index in [0.717, 1.165) is 38.5 Å². The number of carboxylic acid groups (broad SMARTS) is 1. The molecule has 0 aromatic heterocycles. The van der Waals surface area contributed by atoms with E-state index in [2.05, 4.69) is 20.8 Å². The lowest BCUT2D eigenvalue weighted by atomic mass is 9.81. The highest BCUT2D eigenvalue weighted by atomic mass is 16.5. The van der Waals surface area contributed by atoms with Crippen LogP contribution in [0.15, 0.2) is 0 Å². The highest BCUT2D eigenvalue weighted by Crippen LogP contribution is 2.31. The second-order valence-corrected chi connectivity index (χ2v) is 9.19. The maximum atomic E-state index is 12.6. The number of hydrogen-bond acceptors (Lipinski definition) is 3. The zero-order chi connectivity index (χ0) is 20.8. The Morgan fingerprint density at radius 1 is 0.893 bits per heavy atom. The standard InChI is InChI=1S/C24H44O4/c1-4-5-6-7-8-9-10-11-15-22(17-16-19(2)3)28-24(27)21-14-12-13-20(18-21)23(25)26/h19-22H,4-18H2,1-3H3,(H,25,26). The van der Waals surface area contributed by atoms with Gasteiger partial charge in [-0.3, -0.25) is 9.59 Å². The van der Waals surface area contributed by atoms with Crippen molar-refractivity contribution in [1.82, 2.24) is 0 Å². The van der Waals surface area contributed by atoms with Crippen LogP contribution in [0.1, 0.15) is 117 Å². The zero-order valence-corrected chi connectivity index (χ0v) is 18.6. The molecule has 1 rings (SSSR count). The number of rotatable bonds is 15. The van der Waals surface area contributed by atoms with Gasteiger partial charge in [0.25, 0.3) is 0 Å². The summed E-state index contributed by atoms with van der Waals surface area (Å²) in [5.74, 6) is -0.930. The maximum Gasteiger partial charge on any atom is 0.309 e. The monoisotopic (exact) mass is 396 g/mol. The molecule has 4 nitrogen and oxygen atoms in total. The maximum absolute atomic E-state index is 12.6. The van der Waals surface area contributed by atoms with Crippen LogP contribution in [0.2, 0.25) is 0 Å². The first kappa shape index (κ1) is 25.0. The van der Waals surface area contributed by atoms with Crippen molar-refractivity contribution in [3.63, 3.8) is 0 Å². The minimum Gasteiger partial charge on any atom is -0.481 e. The van der Waals surface area contributed by atoms with Crippen LogP contribution in [0.25, 0.3) is 0 Å². The molecule has 0 amide bonds. The molecule has 164 valence electrons. The van der Waals surface area contributed by atoms with Gasteiger partial charge in [-0.05, 0) is 50.9 Å². The van der Waals surface area contributed by atoms with Gasteiger partial charge < -0.3 is 9.84 Å². The number of hydrogen-bond donors (Lipinski definition) is 1. The molecule has 0 bridgehead atoms. The van der Waals surface area contributed by atoms with E-state index in [4.69, 9.17) is 4.74 Å². The van der Waals surface area contributed by atoms with Gasteiger partial charge in [0.15, 0.2) is 0 Å². The van der Waals surface area contributed by atoms with Crippen LogP contribution in [0.4, 0.5) is 0 Å². The van der Waals surface area contributed by atoms with Crippen molar-refractivity contribution in [2.75, 3.05) is 0 Å². The molecule has 1 N–H and O–H groups in total. The average Bonchev–Trinajstić information content (AvgIpc) is 2.67. The number of esters is 1. The quantitative estimate of drug-likeness (QED) is 0.245. The van der Waals surface area contributed by atoms with Crippen LogP contribution in [-0.4, -0.2) is 23.1 Å². The fraction of sp³-hybridized carbons (Fsp3) is 0.917. The summed E-state index contributed by atoms with van der Waals surface area (Å²) in [6.45, 7) is 6.65. The summed E-state index contributed by atoms with van der Waals surface area (Å²) in [6, 6.07) is 0. The molecule has 1 fully saturated rings. The molecule has 0 aromatic rings. The Morgan fingerprint density at radius 2 is 1.50 bits per heavy atom. The molecular weight excluding hydrogens is 352 g/mol. The molecule has 28 heavy (non-hydrogen) atoms. The molecule has 0 aromatic carbocycles. The van der Waals surface area contributed by atoms with Crippen molar-refractivity contribution < 1.29 is 19.4 Å². The van der Waals surface area contributed by atoms with Gasteiger partial charge in [0.1, 0.15) is 6.10 Å². The van der Waals surface area contributed by atoms with Gasteiger partial charge in [-0.1, -0.05) is 72.1 Å². The number of carbonyl (C=O) groups is 2. The molecular formula is C24H44O4. The molecule has 0 heterocycles. The SMILES string of the molecule is CCCCCCCCCCC(CCC(C)C)OC(=O)C1CCCC(C(=O)O)C1. The largest absolute Gasteiger partial charge is 0.481 e. The van der Waals surface area contributed by atoms with E-state index in [9.17, 15) is 14.7 Å². The first-order chi connectivity index (χ1) is 13.4. The van der Waals surface area contributed by atoms with Crippen LogP contribution in [0, 0.1) is 17.8 Å². The fourth-order valence-corrected chi connectivity index (χ4v) is 4.18. The van der Waals surface area contributed by atoms with Gasteiger partial charge in [-0.25, -0.2) is 0 Å². The van der Waals surface area contributed by atoms with E-state index in [1.165, 1.54) is 44.9 Å². The van der Waals surface area contributed by atoms with Crippen LogP contribution >= 0.6 is 0 Å². The molecule has 0 radical (unpaired) electrons. The van der Waals surface area contributed by atoms with Gasteiger partial charge in [-0.15, -0.1) is 0 Å². The smallest absolute Gasteiger partial charge is 0.309 e. The lowest BCUT2D eigenvalue weighted by molar-refractivity contribution is -0.158. The molecule has 0 saturated heterocycles. The summed E-state index contributed by atoms with van der Waals surface area (Å²) in [5, 5.41) is 9.25. The van der Waals surface area contributed by atoms with Crippen molar-refractivity contribution in [2.45, 2.75) is 123 Å². The van der Waals surface area contributed by atoms with Crippen molar-refractivity contribution >= 4 is 11.9 Å². The van der Waals surface area contributed by atoms with Gasteiger partial charge in [0.2, 0.25) is 0 Å². The summed E-state index contributed by atoms with van der Waals surface area (Å²) < 4.78 is 5.90. The van der Waals surface area contributed by atoms with Gasteiger partial charge in [-0.2, -0.15) is 0 Å². The Hall–Kier alpha value is -1.06. The lowest BCUT2D eigenvalue weighted by Crippen LogP contribution is -2.31. The lowest BCUT2D eigenvalue weighted by Gasteiger charge is -2.27. The zero-order valence-electron chi connectivity index (χ0n) is 18.6. The molecule has 1 aliphatic rings. The van der Waals surface area contributed by atoms with Crippen LogP contribution in [-0.2, 0) is 14.3 Å². The van der Waals surface area contributed by atoms with E-state index in [0.29, 0.717) is 18.8 Å². The summed E-state index contributed by atoms with van der Waals surface area (Å²) in [5.41, 5.74) is 0. The first-order valence-electron chi connectivity index (χ1n) is 11.9. The molecule has 4 heteroatoms. The van der Waals surface area contributed by atoms with Gasteiger partial charge in [0.05, 0.1) is 11.8 Å². The Kier molecular flexibility index (Phi) is 13.3. The van der Waals surface area contributed by atoms with Crippen molar-refractivity contribution in [3.05, 3.63) is 0 Å². The fourth-order valence-electron chi connectivity index (χ4n) is 4.18. The molecule has 3 unspecified atom stereocenters. The summed E-state index contributed by atoms with van der Waals surface area (Å²) in [7, 11) is 0. The topological polar surface area (TPSA) is 63.6 Å². The van der Waals surface area contributed by atoms with E-state index in [-0.39, 0.29) is 23.9 Å². The van der Waals surface area contributed by atoms with E-state index in [1.807, 2.05) is 0 Å². The molecule has 0 aliphatic heterocycles. The van der Waals surface area contributed by atoms with Crippen LogP contribution in [0.3, 0.4) is 0 Å². The van der Waals surface area contributed by atoms with Crippen molar-refractivity contribution in [2.24, 2.45) is 17.8 Å². The summed E-state index contributed by atoms with van der Waals surface area (Å²) >= 11 is 0. The molecule has 0 spiro atoms. The predicted molar refractivity (Wildman–Crippen MR) is 114 cm³/mol. The molecule has 1 aliphatic carbocycles. The second-order valence-electron chi connectivity index (χ2n) is 9.19. The van der Waals surface area contributed by atoms with E-state index < -0.39 is 5.97 Å². The predicted octanol–water partition coefficient (Wildman–Crippen LogP) is 6.76. The van der Waals surface area contributed by atoms with Crippen LogP contribution < -0.4 is 0 Å². The number of carbonyl (C=O) groups excluding carboxylic acids is 1. The third kappa shape index (κ3) is 11.1. The minimum atomic E-state index is -0.771. The average molecular weight is 397 g/mol. The number of unbranched alkanes of at least 4 members (excludes halogenated alkanes) is 7. The Labute approximate surface area is 172 Å². The highest BCUT2D eigenvalue weighted by Gasteiger charge is 2.33. The number of ether oxygens (including phenoxy) is 1. The van der Waals surface area contributed by atoms with Crippen LogP contribution in [0.5, 0.6) is 0 Å². The Bertz CT molecular complexity index is 432. The number of aliphatic carboxylic acids is 1. The normalized spacial score (nSPS) is 20.9. The first-order valence-corrected chi connectivity index (χ1v) is 11.9. The summed E-state index contributed by atoms with van der Waals surface area (Å²) in [4.78, 5) is 23.9. The Balaban J connectivity index is 2.37. The number of carboxylic acids is 1. The molecule has 1 saturated carbocycles. The van der Waals surface area contributed by atoms with Crippen molar-refractivity contribution in [1.29, 1.82) is 0 Å². The third-order valence-electron chi connectivity index (χ3n) is 6.09. The second kappa shape index (κ2) is 14.9. The minimum absolute atomic E-state index is 0.000181. The van der Waals surface area contributed by atoms with E-state index >= 15 is 0 Å². The Morgan fingerprint density at radius 3 is 2.11 bits per heavy atom. The summed E-state index contributed by atoms with van der Waals surface area (Å²) in [6.07, 6.45) is 15.9. The van der Waals surface area contributed by atoms with E-state index in [1.54, 1.807) is 0 Å². The van der Waals surface area contributed by atoms with Gasteiger partial charge in [0, 0.05) is 0 Å². The van der Waals surface area contributed by atoms with Gasteiger partial charge >= 0.3 is 11.9 Å².